The molecule has 1 heterocycles. The van der Waals surface area contributed by atoms with Crippen molar-refractivity contribution < 1.29 is 23.8 Å². The summed E-state index contributed by atoms with van der Waals surface area (Å²) in [5.74, 6) is -1.41. The Morgan fingerprint density at radius 2 is 2.06 bits per heavy atom. The van der Waals surface area contributed by atoms with Gasteiger partial charge in [0.2, 0.25) is 0 Å². The Labute approximate surface area is 101 Å². The normalized spacial score (nSPS) is 21.8. The maximum Gasteiger partial charge on any atom is 0.305 e. The van der Waals surface area contributed by atoms with Crippen molar-refractivity contribution in [3.63, 3.8) is 0 Å². The molecule has 1 saturated heterocycles. The lowest BCUT2D eigenvalue weighted by atomic mass is 9.84. The van der Waals surface area contributed by atoms with Gasteiger partial charge in [0.15, 0.2) is 5.79 Å². The van der Waals surface area contributed by atoms with E-state index in [2.05, 4.69) is 4.74 Å². The molecular formula is C12H20O5. The SMILES string of the molecule is COC(=O)CCC(C(C)C=O)C1(C)OCCO1. The smallest absolute Gasteiger partial charge is 0.305 e. The number of hydrogen-bond donors (Lipinski definition) is 0. The van der Waals surface area contributed by atoms with Gasteiger partial charge in [0.25, 0.3) is 0 Å². The molecule has 1 fully saturated rings. The van der Waals surface area contributed by atoms with Crippen molar-refractivity contribution >= 4 is 12.3 Å². The highest BCUT2D eigenvalue weighted by Crippen LogP contribution is 2.35. The van der Waals surface area contributed by atoms with Gasteiger partial charge in [0.1, 0.15) is 6.29 Å². The molecule has 0 N–H and O–H groups in total. The summed E-state index contributed by atoms with van der Waals surface area (Å²) in [5, 5.41) is 0. The third kappa shape index (κ3) is 3.51. The molecule has 0 aromatic heterocycles. The van der Waals surface area contributed by atoms with E-state index in [-0.39, 0.29) is 24.2 Å². The molecule has 2 unspecified atom stereocenters. The summed E-state index contributed by atoms with van der Waals surface area (Å²) in [6.45, 7) is 4.68. The third-order valence-corrected chi connectivity index (χ3v) is 3.27. The van der Waals surface area contributed by atoms with Gasteiger partial charge in [0, 0.05) is 18.3 Å². The first-order valence-corrected chi connectivity index (χ1v) is 5.83. The molecule has 98 valence electrons. The van der Waals surface area contributed by atoms with E-state index in [9.17, 15) is 9.59 Å². The second-order valence-corrected chi connectivity index (χ2v) is 4.43. The van der Waals surface area contributed by atoms with Crippen molar-refractivity contribution in [2.45, 2.75) is 32.5 Å². The molecule has 1 aliphatic rings. The summed E-state index contributed by atoms with van der Waals surface area (Å²) in [5.41, 5.74) is 0. The van der Waals surface area contributed by atoms with Crippen LogP contribution >= 0.6 is 0 Å². The van der Waals surface area contributed by atoms with Crippen LogP contribution in [0.15, 0.2) is 0 Å². The van der Waals surface area contributed by atoms with Gasteiger partial charge in [-0.3, -0.25) is 4.79 Å². The predicted molar refractivity (Wildman–Crippen MR) is 60.3 cm³/mol. The van der Waals surface area contributed by atoms with Crippen molar-refractivity contribution in [3.05, 3.63) is 0 Å². The second kappa shape index (κ2) is 6.12. The van der Waals surface area contributed by atoms with E-state index in [1.165, 1.54) is 7.11 Å². The van der Waals surface area contributed by atoms with Crippen LogP contribution in [0.1, 0.15) is 26.7 Å². The van der Waals surface area contributed by atoms with Crippen LogP contribution in [0.5, 0.6) is 0 Å². The van der Waals surface area contributed by atoms with E-state index >= 15 is 0 Å². The van der Waals surface area contributed by atoms with Gasteiger partial charge in [0.05, 0.1) is 20.3 Å². The molecule has 0 amide bonds. The highest BCUT2D eigenvalue weighted by atomic mass is 16.7. The minimum atomic E-state index is -0.769. The molecule has 0 aromatic carbocycles. The molecule has 0 radical (unpaired) electrons. The number of carbonyl (C=O) groups is 2. The van der Waals surface area contributed by atoms with Crippen LogP contribution in [0.4, 0.5) is 0 Å². The molecule has 0 saturated carbocycles. The van der Waals surface area contributed by atoms with Crippen LogP contribution in [0.25, 0.3) is 0 Å². The molecule has 0 aromatic rings. The summed E-state index contributed by atoms with van der Waals surface area (Å²) in [7, 11) is 1.35. The Balaban J connectivity index is 2.66. The lowest BCUT2D eigenvalue weighted by molar-refractivity contribution is -0.194. The monoisotopic (exact) mass is 244 g/mol. The number of esters is 1. The molecule has 0 spiro atoms. The topological polar surface area (TPSA) is 61.8 Å². The van der Waals surface area contributed by atoms with E-state index in [4.69, 9.17) is 9.47 Å². The Morgan fingerprint density at radius 1 is 1.47 bits per heavy atom. The number of rotatable bonds is 6. The van der Waals surface area contributed by atoms with E-state index in [1.54, 1.807) is 0 Å². The van der Waals surface area contributed by atoms with Gasteiger partial charge >= 0.3 is 5.97 Å². The summed E-state index contributed by atoms with van der Waals surface area (Å²) < 4.78 is 15.7. The first kappa shape index (κ1) is 14.1. The summed E-state index contributed by atoms with van der Waals surface area (Å²) in [6, 6.07) is 0. The zero-order valence-electron chi connectivity index (χ0n) is 10.6. The minimum Gasteiger partial charge on any atom is -0.469 e. The van der Waals surface area contributed by atoms with Crippen LogP contribution in [0.2, 0.25) is 0 Å². The van der Waals surface area contributed by atoms with Gasteiger partial charge in [-0.15, -0.1) is 0 Å². The number of hydrogen-bond acceptors (Lipinski definition) is 5. The number of methoxy groups -OCH3 is 1. The quantitative estimate of drug-likeness (QED) is 0.518. The second-order valence-electron chi connectivity index (χ2n) is 4.43. The first-order valence-electron chi connectivity index (χ1n) is 5.83. The molecule has 1 aliphatic heterocycles. The van der Waals surface area contributed by atoms with E-state index in [1.807, 2.05) is 13.8 Å². The highest BCUT2D eigenvalue weighted by molar-refractivity contribution is 5.69. The van der Waals surface area contributed by atoms with Crippen molar-refractivity contribution in [2.24, 2.45) is 11.8 Å². The average molecular weight is 244 g/mol. The number of ether oxygens (including phenoxy) is 3. The summed E-state index contributed by atoms with van der Waals surface area (Å²) in [6.07, 6.45) is 1.66. The maximum absolute atomic E-state index is 11.2. The molecule has 17 heavy (non-hydrogen) atoms. The van der Waals surface area contributed by atoms with Crippen molar-refractivity contribution in [1.29, 1.82) is 0 Å². The van der Waals surface area contributed by atoms with Crippen molar-refractivity contribution in [2.75, 3.05) is 20.3 Å². The molecule has 1 rings (SSSR count). The summed E-state index contributed by atoms with van der Waals surface area (Å²) >= 11 is 0. The fraction of sp³-hybridized carbons (Fsp3) is 0.833. The third-order valence-electron chi connectivity index (χ3n) is 3.27. The Morgan fingerprint density at radius 3 is 2.53 bits per heavy atom. The van der Waals surface area contributed by atoms with Crippen LogP contribution < -0.4 is 0 Å². The highest BCUT2D eigenvalue weighted by Gasteiger charge is 2.42. The first-order chi connectivity index (χ1) is 8.03. The fourth-order valence-corrected chi connectivity index (χ4v) is 2.22. The molecule has 5 nitrogen and oxygen atoms in total. The average Bonchev–Trinajstić information content (AvgIpc) is 2.76. The lowest BCUT2D eigenvalue weighted by Crippen LogP contribution is -2.40. The van der Waals surface area contributed by atoms with E-state index < -0.39 is 5.79 Å². The van der Waals surface area contributed by atoms with Crippen LogP contribution in [0, 0.1) is 11.8 Å². The van der Waals surface area contributed by atoms with Gasteiger partial charge < -0.3 is 19.0 Å². The van der Waals surface area contributed by atoms with E-state index in [0.717, 1.165) is 6.29 Å². The Hall–Kier alpha value is -0.940. The van der Waals surface area contributed by atoms with Crippen LogP contribution in [-0.4, -0.2) is 38.4 Å². The largest absolute Gasteiger partial charge is 0.469 e. The van der Waals surface area contributed by atoms with Gasteiger partial charge in [-0.1, -0.05) is 6.92 Å². The fourth-order valence-electron chi connectivity index (χ4n) is 2.22. The van der Waals surface area contributed by atoms with Gasteiger partial charge in [-0.25, -0.2) is 0 Å². The van der Waals surface area contributed by atoms with Gasteiger partial charge in [-0.2, -0.15) is 0 Å². The van der Waals surface area contributed by atoms with Crippen molar-refractivity contribution in [1.82, 2.24) is 0 Å². The maximum atomic E-state index is 11.2. The van der Waals surface area contributed by atoms with Crippen LogP contribution in [0.3, 0.4) is 0 Å². The minimum absolute atomic E-state index is 0.137. The Kier molecular flexibility index (Phi) is 5.08. The lowest BCUT2D eigenvalue weighted by Gasteiger charge is -2.34. The standard InChI is InChI=1S/C12H20O5/c1-9(8-13)10(4-5-11(14)15-3)12(2)16-6-7-17-12/h8-10H,4-7H2,1-3H3. The zero-order chi connectivity index (χ0) is 12.9. The van der Waals surface area contributed by atoms with E-state index in [0.29, 0.717) is 19.6 Å². The molecule has 5 heteroatoms. The Bertz CT molecular complexity index is 270. The molecule has 0 aliphatic carbocycles. The molecule has 2 atom stereocenters. The number of carbonyl (C=O) groups excluding carboxylic acids is 2. The molecular weight excluding hydrogens is 224 g/mol. The zero-order valence-corrected chi connectivity index (χ0v) is 10.6. The number of aldehydes is 1. The predicted octanol–water partition coefficient (Wildman–Crippen LogP) is 1.15. The van der Waals surface area contributed by atoms with Crippen molar-refractivity contribution in [3.8, 4) is 0 Å². The van der Waals surface area contributed by atoms with Gasteiger partial charge in [-0.05, 0) is 13.3 Å². The molecule has 0 bridgehead atoms. The summed E-state index contributed by atoms with van der Waals surface area (Å²) in [4.78, 5) is 22.1. The van der Waals surface area contributed by atoms with Crippen LogP contribution in [-0.2, 0) is 23.8 Å².